The van der Waals surface area contributed by atoms with Gasteiger partial charge in [0.1, 0.15) is 5.75 Å². The third-order valence-corrected chi connectivity index (χ3v) is 3.46. The smallest absolute Gasteiger partial charge is 0.122 e. The summed E-state index contributed by atoms with van der Waals surface area (Å²) in [6.07, 6.45) is 0.713. The van der Waals surface area contributed by atoms with Gasteiger partial charge in [-0.15, -0.1) is 0 Å². The zero-order valence-electron chi connectivity index (χ0n) is 11.9. The molecule has 0 aliphatic carbocycles. The molecular weight excluding hydrogens is 264 g/mol. The molecule has 19 heavy (non-hydrogen) atoms. The first-order valence-electron chi connectivity index (χ1n) is 6.34. The summed E-state index contributed by atoms with van der Waals surface area (Å²) in [6, 6.07) is 5.57. The average molecular weight is 287 g/mol. The van der Waals surface area contributed by atoms with Crippen molar-refractivity contribution in [3.05, 3.63) is 28.8 Å². The van der Waals surface area contributed by atoms with Crippen LogP contribution < -0.4 is 16.0 Å². The highest BCUT2D eigenvalue weighted by Crippen LogP contribution is 2.25. The van der Waals surface area contributed by atoms with Crippen LogP contribution in [0.1, 0.15) is 19.4 Å². The fourth-order valence-corrected chi connectivity index (χ4v) is 2.51. The Morgan fingerprint density at radius 2 is 2.00 bits per heavy atom. The maximum Gasteiger partial charge on any atom is 0.122 e. The van der Waals surface area contributed by atoms with Crippen molar-refractivity contribution in [2.45, 2.75) is 32.4 Å². The number of halogens is 1. The highest BCUT2D eigenvalue weighted by molar-refractivity contribution is 6.30. The van der Waals surface area contributed by atoms with Crippen LogP contribution in [0.5, 0.6) is 5.75 Å². The lowest BCUT2D eigenvalue weighted by molar-refractivity contribution is 0.0331. The minimum atomic E-state index is -0.00244. The topological polar surface area (TPSA) is 56.5 Å². The van der Waals surface area contributed by atoms with Gasteiger partial charge >= 0.3 is 0 Å². The Kier molecular flexibility index (Phi) is 6.58. The van der Waals surface area contributed by atoms with Gasteiger partial charge in [0.2, 0.25) is 0 Å². The number of ether oxygens (including phenoxy) is 2. The Balaban J connectivity index is 2.94. The number of hydrogen-bond donors (Lipinski definition) is 2. The molecule has 0 aliphatic heterocycles. The van der Waals surface area contributed by atoms with Crippen molar-refractivity contribution in [3.8, 4) is 5.75 Å². The summed E-state index contributed by atoms with van der Waals surface area (Å²) in [6.45, 7) is 4.21. The molecule has 4 nitrogen and oxygen atoms in total. The SMILES string of the molecule is COc1ccc(Cl)cc1CC(NN)C(OC)C(C)C. The first kappa shape index (κ1) is 16.2. The Labute approximate surface area is 120 Å². The van der Waals surface area contributed by atoms with Crippen molar-refractivity contribution in [3.63, 3.8) is 0 Å². The molecule has 0 saturated carbocycles. The summed E-state index contributed by atoms with van der Waals surface area (Å²) < 4.78 is 10.9. The molecule has 2 atom stereocenters. The molecule has 2 unspecified atom stereocenters. The number of benzene rings is 1. The van der Waals surface area contributed by atoms with E-state index in [2.05, 4.69) is 19.3 Å². The van der Waals surface area contributed by atoms with Crippen LogP contribution in [-0.4, -0.2) is 26.4 Å². The van der Waals surface area contributed by atoms with Crippen molar-refractivity contribution >= 4 is 11.6 Å². The van der Waals surface area contributed by atoms with Crippen molar-refractivity contribution in [2.24, 2.45) is 11.8 Å². The van der Waals surface area contributed by atoms with Crippen molar-refractivity contribution in [1.82, 2.24) is 5.43 Å². The van der Waals surface area contributed by atoms with Crippen LogP contribution in [0.3, 0.4) is 0 Å². The summed E-state index contributed by atoms with van der Waals surface area (Å²) in [5, 5.41) is 0.685. The molecule has 0 spiro atoms. The molecule has 0 saturated heterocycles. The minimum Gasteiger partial charge on any atom is -0.496 e. The second kappa shape index (κ2) is 7.70. The van der Waals surface area contributed by atoms with Crippen molar-refractivity contribution in [2.75, 3.05) is 14.2 Å². The summed E-state index contributed by atoms with van der Waals surface area (Å²) in [5.74, 6) is 6.83. The summed E-state index contributed by atoms with van der Waals surface area (Å²) in [4.78, 5) is 0. The predicted octanol–water partition coefficient (Wildman–Crippen LogP) is 2.39. The lowest BCUT2D eigenvalue weighted by Crippen LogP contribution is -2.48. The first-order valence-corrected chi connectivity index (χ1v) is 6.72. The van der Waals surface area contributed by atoms with Gasteiger partial charge in [-0.3, -0.25) is 11.3 Å². The van der Waals surface area contributed by atoms with E-state index in [1.54, 1.807) is 14.2 Å². The first-order chi connectivity index (χ1) is 9.03. The quantitative estimate of drug-likeness (QED) is 0.597. The van der Waals surface area contributed by atoms with Crippen LogP contribution in [0.2, 0.25) is 5.02 Å². The van der Waals surface area contributed by atoms with Gasteiger partial charge in [0.25, 0.3) is 0 Å². The Hall–Kier alpha value is -0.810. The fraction of sp³-hybridized carbons (Fsp3) is 0.571. The van der Waals surface area contributed by atoms with E-state index >= 15 is 0 Å². The minimum absolute atomic E-state index is 0.00244. The van der Waals surface area contributed by atoms with Crippen molar-refractivity contribution < 1.29 is 9.47 Å². The van der Waals surface area contributed by atoms with Crippen LogP contribution in [0.4, 0.5) is 0 Å². The molecule has 5 heteroatoms. The van der Waals surface area contributed by atoms with Crippen LogP contribution in [0.15, 0.2) is 18.2 Å². The molecule has 0 aromatic heterocycles. The summed E-state index contributed by atoms with van der Waals surface area (Å²) >= 11 is 6.04. The Morgan fingerprint density at radius 3 is 2.47 bits per heavy atom. The van der Waals surface area contributed by atoms with E-state index in [0.717, 1.165) is 11.3 Å². The fourth-order valence-electron chi connectivity index (χ4n) is 2.31. The molecule has 0 heterocycles. The van der Waals surface area contributed by atoms with Gasteiger partial charge in [-0.1, -0.05) is 25.4 Å². The van der Waals surface area contributed by atoms with Gasteiger partial charge in [0, 0.05) is 12.1 Å². The van der Waals surface area contributed by atoms with Crippen molar-refractivity contribution in [1.29, 1.82) is 0 Å². The van der Waals surface area contributed by atoms with E-state index in [0.29, 0.717) is 17.4 Å². The lowest BCUT2D eigenvalue weighted by Gasteiger charge is -2.29. The molecular formula is C14H23ClN2O2. The van der Waals surface area contributed by atoms with Gasteiger partial charge in [0.15, 0.2) is 0 Å². The molecule has 3 N–H and O–H groups in total. The Bertz CT molecular complexity index is 399. The maximum absolute atomic E-state index is 6.04. The van der Waals surface area contributed by atoms with Gasteiger partial charge in [-0.25, -0.2) is 0 Å². The second-order valence-electron chi connectivity index (χ2n) is 4.88. The molecule has 0 aliphatic rings. The molecule has 1 rings (SSSR count). The third kappa shape index (κ3) is 4.35. The molecule has 0 radical (unpaired) electrons. The molecule has 0 bridgehead atoms. The average Bonchev–Trinajstić information content (AvgIpc) is 2.38. The van der Waals surface area contributed by atoms with Crippen LogP contribution in [0, 0.1) is 5.92 Å². The van der Waals surface area contributed by atoms with Gasteiger partial charge < -0.3 is 9.47 Å². The van der Waals surface area contributed by atoms with Gasteiger partial charge in [-0.2, -0.15) is 0 Å². The van der Waals surface area contributed by atoms with Gasteiger partial charge in [-0.05, 0) is 36.1 Å². The molecule has 1 aromatic carbocycles. The molecule has 1 aromatic rings. The standard InChI is InChI=1S/C14H23ClN2O2/c1-9(2)14(19-4)12(17-16)8-10-7-11(15)5-6-13(10)18-3/h5-7,9,12,14,17H,8,16H2,1-4H3. The highest BCUT2D eigenvalue weighted by Gasteiger charge is 2.24. The number of methoxy groups -OCH3 is 2. The number of nitrogens with two attached hydrogens (primary N) is 1. The number of nitrogens with one attached hydrogen (secondary N) is 1. The lowest BCUT2D eigenvalue weighted by atomic mass is 9.94. The predicted molar refractivity (Wildman–Crippen MR) is 78.5 cm³/mol. The second-order valence-corrected chi connectivity index (χ2v) is 5.31. The molecule has 0 fully saturated rings. The van der Waals surface area contributed by atoms with E-state index < -0.39 is 0 Å². The summed E-state index contributed by atoms with van der Waals surface area (Å²) in [5.41, 5.74) is 3.84. The monoisotopic (exact) mass is 286 g/mol. The maximum atomic E-state index is 6.04. The summed E-state index contributed by atoms with van der Waals surface area (Å²) in [7, 11) is 3.35. The van der Waals surface area contributed by atoms with Crippen LogP contribution >= 0.6 is 11.6 Å². The zero-order valence-corrected chi connectivity index (χ0v) is 12.7. The molecule has 0 amide bonds. The Morgan fingerprint density at radius 1 is 1.32 bits per heavy atom. The van der Waals surface area contributed by atoms with E-state index in [1.165, 1.54) is 0 Å². The van der Waals surface area contributed by atoms with E-state index in [-0.39, 0.29) is 12.1 Å². The van der Waals surface area contributed by atoms with E-state index in [4.69, 9.17) is 26.9 Å². The largest absolute Gasteiger partial charge is 0.496 e. The normalized spacial score (nSPS) is 14.5. The van der Waals surface area contributed by atoms with E-state index in [1.807, 2.05) is 18.2 Å². The van der Waals surface area contributed by atoms with Crippen LogP contribution in [-0.2, 0) is 11.2 Å². The third-order valence-electron chi connectivity index (χ3n) is 3.22. The molecule has 108 valence electrons. The number of rotatable bonds is 7. The number of hydrazine groups is 1. The number of hydrogen-bond acceptors (Lipinski definition) is 4. The van der Waals surface area contributed by atoms with E-state index in [9.17, 15) is 0 Å². The van der Waals surface area contributed by atoms with Crippen LogP contribution in [0.25, 0.3) is 0 Å². The highest BCUT2D eigenvalue weighted by atomic mass is 35.5. The van der Waals surface area contributed by atoms with Gasteiger partial charge in [0.05, 0.1) is 19.3 Å². The zero-order chi connectivity index (χ0) is 14.4.